The van der Waals surface area contributed by atoms with Crippen LogP contribution in [0.5, 0.6) is 0 Å². The number of nitrogens with zero attached hydrogens (tertiary/aromatic N) is 2. The summed E-state index contributed by atoms with van der Waals surface area (Å²) in [6.45, 7) is 2.24. The van der Waals surface area contributed by atoms with Gasteiger partial charge in [0.25, 0.3) is 0 Å². The summed E-state index contributed by atoms with van der Waals surface area (Å²) in [6.07, 6.45) is 6.20. The van der Waals surface area contributed by atoms with E-state index < -0.39 is 0 Å². The van der Waals surface area contributed by atoms with E-state index in [1.165, 1.54) is 25.7 Å². The van der Waals surface area contributed by atoms with E-state index in [1.54, 1.807) is 0 Å². The van der Waals surface area contributed by atoms with Crippen LogP contribution in [0, 0.1) is 5.92 Å². The molecule has 1 saturated heterocycles. The minimum absolute atomic E-state index is 0.669. The monoisotopic (exact) mass is 181 g/mol. The van der Waals surface area contributed by atoms with Crippen molar-refractivity contribution in [3.8, 4) is 0 Å². The first kappa shape index (κ1) is 8.69. The molecule has 1 unspecified atom stereocenters. The second kappa shape index (κ2) is 4.37. The zero-order valence-corrected chi connectivity index (χ0v) is 7.70. The topological polar surface area (TPSA) is 51.0 Å². The Morgan fingerprint density at radius 1 is 1.54 bits per heavy atom. The van der Waals surface area contributed by atoms with Gasteiger partial charge in [-0.1, -0.05) is 6.42 Å². The van der Waals surface area contributed by atoms with Gasteiger partial charge in [0.2, 0.25) is 12.3 Å². The number of hydrogen-bond donors (Lipinski definition) is 1. The third kappa shape index (κ3) is 2.52. The zero-order valence-electron chi connectivity index (χ0n) is 7.70. The highest BCUT2D eigenvalue weighted by molar-refractivity contribution is 4.80. The molecule has 0 saturated carbocycles. The molecule has 72 valence electrons. The third-order valence-corrected chi connectivity index (χ3v) is 2.52. The van der Waals surface area contributed by atoms with E-state index in [1.807, 2.05) is 0 Å². The molecule has 0 amide bonds. The van der Waals surface area contributed by atoms with E-state index in [9.17, 15) is 0 Å². The van der Waals surface area contributed by atoms with Crippen LogP contribution >= 0.6 is 0 Å². The molecule has 1 aromatic rings. The van der Waals surface area contributed by atoms with E-state index in [-0.39, 0.29) is 0 Å². The van der Waals surface area contributed by atoms with Crippen molar-refractivity contribution in [2.24, 2.45) is 5.92 Å². The predicted octanol–water partition coefficient (Wildman–Crippen LogP) is 1.00. The average Bonchev–Trinajstić information content (AvgIpc) is 2.49. The van der Waals surface area contributed by atoms with Crippen LogP contribution in [-0.4, -0.2) is 23.3 Å². The summed E-state index contributed by atoms with van der Waals surface area (Å²) in [5.74, 6) is 1.44. The first-order chi connectivity index (χ1) is 6.45. The van der Waals surface area contributed by atoms with Gasteiger partial charge < -0.3 is 9.73 Å². The third-order valence-electron chi connectivity index (χ3n) is 2.52. The van der Waals surface area contributed by atoms with Gasteiger partial charge in [-0.25, -0.2) is 0 Å². The molecule has 1 atom stereocenters. The molecule has 13 heavy (non-hydrogen) atoms. The summed E-state index contributed by atoms with van der Waals surface area (Å²) < 4.78 is 5.13. The minimum atomic E-state index is 0.669. The summed E-state index contributed by atoms with van der Waals surface area (Å²) in [6, 6.07) is 0. The number of hydrogen-bond acceptors (Lipinski definition) is 4. The zero-order chi connectivity index (χ0) is 8.93. The maximum atomic E-state index is 5.13. The molecule has 0 radical (unpaired) electrons. The molecule has 0 bridgehead atoms. The van der Waals surface area contributed by atoms with Gasteiger partial charge in [-0.2, -0.15) is 0 Å². The SMILES string of the molecule is c1nnc(CC2CCCCNC2)o1. The Bertz CT molecular complexity index is 227. The van der Waals surface area contributed by atoms with Gasteiger partial charge in [0.1, 0.15) is 0 Å². The lowest BCUT2D eigenvalue weighted by atomic mass is 10.00. The molecule has 1 aromatic heterocycles. The van der Waals surface area contributed by atoms with Crippen molar-refractivity contribution in [1.82, 2.24) is 15.5 Å². The molecule has 4 heteroatoms. The van der Waals surface area contributed by atoms with Crippen molar-refractivity contribution >= 4 is 0 Å². The summed E-state index contributed by atoms with van der Waals surface area (Å²) in [5, 5.41) is 11.0. The molecule has 1 fully saturated rings. The molecular formula is C9H15N3O. The van der Waals surface area contributed by atoms with Crippen LogP contribution in [0.15, 0.2) is 10.8 Å². The van der Waals surface area contributed by atoms with Crippen LogP contribution in [0.4, 0.5) is 0 Å². The van der Waals surface area contributed by atoms with Gasteiger partial charge in [0.05, 0.1) is 0 Å². The Morgan fingerprint density at radius 3 is 3.38 bits per heavy atom. The van der Waals surface area contributed by atoms with Gasteiger partial charge in [0, 0.05) is 6.42 Å². The summed E-state index contributed by atoms with van der Waals surface area (Å²) >= 11 is 0. The van der Waals surface area contributed by atoms with Crippen LogP contribution in [0.2, 0.25) is 0 Å². The Morgan fingerprint density at radius 2 is 2.54 bits per heavy atom. The summed E-state index contributed by atoms with van der Waals surface area (Å²) in [5.41, 5.74) is 0. The highest BCUT2D eigenvalue weighted by Crippen LogP contribution is 2.15. The van der Waals surface area contributed by atoms with E-state index in [2.05, 4.69) is 15.5 Å². The molecule has 0 aliphatic carbocycles. The van der Waals surface area contributed by atoms with Gasteiger partial charge in [-0.3, -0.25) is 0 Å². The second-order valence-corrected chi connectivity index (χ2v) is 3.60. The standard InChI is InChI=1S/C9H15N3O/c1-2-4-10-6-8(3-1)5-9-12-11-7-13-9/h7-8,10H,1-6H2. The fourth-order valence-corrected chi connectivity index (χ4v) is 1.80. The summed E-state index contributed by atoms with van der Waals surface area (Å²) in [7, 11) is 0. The maximum absolute atomic E-state index is 5.13. The van der Waals surface area contributed by atoms with Crippen LogP contribution in [0.3, 0.4) is 0 Å². The minimum Gasteiger partial charge on any atom is -0.428 e. The van der Waals surface area contributed by atoms with Crippen molar-refractivity contribution in [2.45, 2.75) is 25.7 Å². The Balaban J connectivity index is 1.86. The molecule has 2 rings (SSSR count). The fourth-order valence-electron chi connectivity index (χ4n) is 1.80. The van der Waals surface area contributed by atoms with Gasteiger partial charge in [-0.05, 0) is 31.8 Å². The molecule has 0 spiro atoms. The van der Waals surface area contributed by atoms with Crippen LogP contribution in [-0.2, 0) is 6.42 Å². The smallest absolute Gasteiger partial charge is 0.216 e. The number of nitrogens with one attached hydrogen (secondary N) is 1. The predicted molar refractivity (Wildman–Crippen MR) is 48.2 cm³/mol. The van der Waals surface area contributed by atoms with Crippen LogP contribution in [0.25, 0.3) is 0 Å². The van der Waals surface area contributed by atoms with Crippen molar-refractivity contribution in [3.05, 3.63) is 12.3 Å². The van der Waals surface area contributed by atoms with Crippen molar-refractivity contribution < 1.29 is 4.42 Å². The Hall–Kier alpha value is -0.900. The van der Waals surface area contributed by atoms with Crippen molar-refractivity contribution in [2.75, 3.05) is 13.1 Å². The lowest BCUT2D eigenvalue weighted by molar-refractivity contribution is 0.405. The van der Waals surface area contributed by atoms with Crippen LogP contribution < -0.4 is 5.32 Å². The highest BCUT2D eigenvalue weighted by atomic mass is 16.4. The van der Waals surface area contributed by atoms with Crippen molar-refractivity contribution in [3.63, 3.8) is 0 Å². The van der Waals surface area contributed by atoms with Gasteiger partial charge >= 0.3 is 0 Å². The average molecular weight is 181 g/mol. The number of rotatable bonds is 2. The van der Waals surface area contributed by atoms with Gasteiger partial charge in [0.15, 0.2) is 0 Å². The van der Waals surface area contributed by atoms with E-state index in [0.29, 0.717) is 5.92 Å². The first-order valence-corrected chi connectivity index (χ1v) is 4.91. The second-order valence-electron chi connectivity index (χ2n) is 3.60. The Labute approximate surface area is 77.7 Å². The highest BCUT2D eigenvalue weighted by Gasteiger charge is 2.14. The van der Waals surface area contributed by atoms with E-state index in [0.717, 1.165) is 25.4 Å². The largest absolute Gasteiger partial charge is 0.428 e. The molecule has 1 N–H and O–H groups in total. The lowest BCUT2D eigenvalue weighted by Gasteiger charge is -2.10. The van der Waals surface area contributed by atoms with Crippen molar-refractivity contribution in [1.29, 1.82) is 0 Å². The molecule has 4 nitrogen and oxygen atoms in total. The molecule has 1 aliphatic heterocycles. The lowest BCUT2D eigenvalue weighted by Crippen LogP contribution is -2.22. The Kier molecular flexibility index (Phi) is 2.92. The molecular weight excluding hydrogens is 166 g/mol. The summed E-state index contributed by atoms with van der Waals surface area (Å²) in [4.78, 5) is 0. The van der Waals surface area contributed by atoms with E-state index >= 15 is 0 Å². The van der Waals surface area contributed by atoms with E-state index in [4.69, 9.17) is 4.42 Å². The maximum Gasteiger partial charge on any atom is 0.216 e. The quantitative estimate of drug-likeness (QED) is 0.739. The first-order valence-electron chi connectivity index (χ1n) is 4.91. The molecule has 0 aromatic carbocycles. The fraction of sp³-hybridized carbons (Fsp3) is 0.778. The molecule has 2 heterocycles. The number of aromatic nitrogens is 2. The van der Waals surface area contributed by atoms with Gasteiger partial charge in [-0.15, -0.1) is 10.2 Å². The molecule has 1 aliphatic rings. The normalized spacial score (nSPS) is 24.2. The van der Waals surface area contributed by atoms with Crippen LogP contribution in [0.1, 0.15) is 25.2 Å².